The van der Waals surface area contributed by atoms with Gasteiger partial charge in [0, 0.05) is 58.9 Å². The highest BCUT2D eigenvalue weighted by Crippen LogP contribution is 2.10. The molecule has 1 aliphatic rings. The molecule has 0 saturated carbocycles. The first-order valence-electron chi connectivity index (χ1n) is 8.99. The Morgan fingerprint density at radius 3 is 2.92 bits per heavy atom. The molecule has 6 nitrogen and oxygen atoms in total. The molecule has 2 heterocycles. The predicted octanol–water partition coefficient (Wildman–Crippen LogP) is 2.01. The second-order valence-corrected chi connectivity index (χ2v) is 6.24. The Balaban J connectivity index is 1.73. The van der Waals surface area contributed by atoms with Crippen molar-refractivity contribution in [1.29, 1.82) is 0 Å². The Morgan fingerprint density at radius 2 is 2.25 bits per heavy atom. The molecule has 1 saturated heterocycles. The van der Waals surface area contributed by atoms with Gasteiger partial charge >= 0.3 is 0 Å². The lowest BCUT2D eigenvalue weighted by Crippen LogP contribution is -2.39. The molecule has 0 unspecified atom stereocenters. The van der Waals surface area contributed by atoms with Gasteiger partial charge < -0.3 is 24.3 Å². The van der Waals surface area contributed by atoms with E-state index in [1.54, 1.807) is 0 Å². The Labute approximate surface area is 145 Å². The van der Waals surface area contributed by atoms with Crippen LogP contribution >= 0.6 is 0 Å². The molecule has 1 aromatic heterocycles. The van der Waals surface area contributed by atoms with Crippen LogP contribution in [0, 0.1) is 0 Å². The van der Waals surface area contributed by atoms with E-state index in [2.05, 4.69) is 54.1 Å². The van der Waals surface area contributed by atoms with E-state index in [-0.39, 0.29) is 0 Å². The molecule has 0 aliphatic carbocycles. The van der Waals surface area contributed by atoms with Gasteiger partial charge in [0.1, 0.15) is 0 Å². The van der Waals surface area contributed by atoms with Crippen LogP contribution < -0.4 is 5.32 Å². The summed E-state index contributed by atoms with van der Waals surface area (Å²) in [7, 11) is 4.15. The van der Waals surface area contributed by atoms with Crippen molar-refractivity contribution >= 4 is 5.96 Å². The van der Waals surface area contributed by atoms with E-state index in [9.17, 15) is 0 Å². The molecule has 0 bridgehead atoms. The SMILES string of the molecule is CCNC(=NCCCOC1CCOCC1)N(C)Cc1cccn1C. The van der Waals surface area contributed by atoms with Crippen LogP contribution in [0.15, 0.2) is 23.3 Å². The third-order valence-electron chi connectivity index (χ3n) is 4.23. The normalized spacial score (nSPS) is 16.4. The number of aromatic nitrogens is 1. The van der Waals surface area contributed by atoms with Crippen molar-refractivity contribution < 1.29 is 9.47 Å². The molecule has 24 heavy (non-hydrogen) atoms. The van der Waals surface area contributed by atoms with Crippen molar-refractivity contribution in [1.82, 2.24) is 14.8 Å². The van der Waals surface area contributed by atoms with Gasteiger partial charge in [-0.1, -0.05) is 0 Å². The van der Waals surface area contributed by atoms with E-state index in [1.165, 1.54) is 5.69 Å². The van der Waals surface area contributed by atoms with Crippen LogP contribution in [0.3, 0.4) is 0 Å². The van der Waals surface area contributed by atoms with Crippen molar-refractivity contribution in [3.05, 3.63) is 24.0 Å². The van der Waals surface area contributed by atoms with E-state index < -0.39 is 0 Å². The topological polar surface area (TPSA) is 51.0 Å². The van der Waals surface area contributed by atoms with Crippen LogP contribution in [0.2, 0.25) is 0 Å². The zero-order chi connectivity index (χ0) is 17.2. The molecular formula is C18H32N4O2. The zero-order valence-corrected chi connectivity index (χ0v) is 15.3. The number of hydrogen-bond donors (Lipinski definition) is 1. The van der Waals surface area contributed by atoms with Crippen LogP contribution in [0.4, 0.5) is 0 Å². The number of rotatable bonds is 8. The molecule has 1 N–H and O–H groups in total. The largest absolute Gasteiger partial charge is 0.381 e. The van der Waals surface area contributed by atoms with Gasteiger partial charge in [0.15, 0.2) is 5.96 Å². The summed E-state index contributed by atoms with van der Waals surface area (Å²) in [6, 6.07) is 4.21. The van der Waals surface area contributed by atoms with Crippen molar-refractivity contribution in [2.45, 2.75) is 38.8 Å². The first-order valence-corrected chi connectivity index (χ1v) is 8.99. The van der Waals surface area contributed by atoms with E-state index in [1.807, 2.05) is 0 Å². The summed E-state index contributed by atoms with van der Waals surface area (Å²) in [5.41, 5.74) is 1.27. The predicted molar refractivity (Wildman–Crippen MR) is 97.3 cm³/mol. The van der Waals surface area contributed by atoms with Crippen molar-refractivity contribution in [2.75, 3.05) is 40.0 Å². The van der Waals surface area contributed by atoms with Crippen LogP contribution in [-0.2, 0) is 23.1 Å². The lowest BCUT2D eigenvalue weighted by molar-refractivity contribution is -0.0318. The fourth-order valence-corrected chi connectivity index (χ4v) is 2.79. The first kappa shape index (κ1) is 18.8. The van der Waals surface area contributed by atoms with Gasteiger partial charge in [0.2, 0.25) is 0 Å². The van der Waals surface area contributed by atoms with Crippen LogP contribution in [-0.4, -0.2) is 61.5 Å². The molecular weight excluding hydrogens is 304 g/mol. The maximum Gasteiger partial charge on any atom is 0.194 e. The minimum absolute atomic E-state index is 0.371. The molecule has 0 radical (unpaired) electrons. The maximum absolute atomic E-state index is 5.90. The van der Waals surface area contributed by atoms with E-state index in [4.69, 9.17) is 14.5 Å². The molecule has 0 atom stereocenters. The highest BCUT2D eigenvalue weighted by Gasteiger charge is 2.13. The molecule has 1 fully saturated rings. The van der Waals surface area contributed by atoms with Gasteiger partial charge in [0.05, 0.1) is 12.6 Å². The molecule has 1 aromatic rings. The molecule has 136 valence electrons. The van der Waals surface area contributed by atoms with Gasteiger partial charge in [-0.2, -0.15) is 0 Å². The highest BCUT2D eigenvalue weighted by atomic mass is 16.5. The van der Waals surface area contributed by atoms with Crippen molar-refractivity contribution in [3.8, 4) is 0 Å². The summed E-state index contributed by atoms with van der Waals surface area (Å²) in [5.74, 6) is 0.949. The fraction of sp³-hybridized carbons (Fsp3) is 0.722. The number of aliphatic imine (C=N–C) groups is 1. The van der Waals surface area contributed by atoms with Crippen LogP contribution in [0.25, 0.3) is 0 Å². The lowest BCUT2D eigenvalue weighted by atomic mass is 10.1. The Hall–Kier alpha value is -1.53. The summed E-state index contributed by atoms with van der Waals surface area (Å²) >= 11 is 0. The molecule has 0 aromatic carbocycles. The quantitative estimate of drug-likeness (QED) is 0.448. The average molecular weight is 336 g/mol. The standard InChI is InChI=1S/C18H32N4O2/c1-4-19-18(22(3)15-16-7-5-11-21(16)2)20-10-6-12-24-17-8-13-23-14-9-17/h5,7,11,17H,4,6,8-10,12-15H2,1-3H3,(H,19,20). The summed E-state index contributed by atoms with van der Waals surface area (Å²) in [6.07, 6.45) is 5.43. The molecule has 6 heteroatoms. The number of aryl methyl sites for hydroxylation is 1. The Bertz CT molecular complexity index is 495. The third-order valence-corrected chi connectivity index (χ3v) is 4.23. The van der Waals surface area contributed by atoms with Gasteiger partial charge in [-0.15, -0.1) is 0 Å². The van der Waals surface area contributed by atoms with Crippen LogP contribution in [0.1, 0.15) is 31.9 Å². The number of nitrogens with zero attached hydrogens (tertiary/aromatic N) is 3. The summed E-state index contributed by atoms with van der Waals surface area (Å²) < 4.78 is 13.4. The van der Waals surface area contributed by atoms with E-state index in [0.717, 1.165) is 64.7 Å². The number of nitrogens with one attached hydrogen (secondary N) is 1. The first-order chi connectivity index (χ1) is 11.7. The fourth-order valence-electron chi connectivity index (χ4n) is 2.79. The number of guanidine groups is 1. The molecule has 2 rings (SSSR count). The van der Waals surface area contributed by atoms with Crippen molar-refractivity contribution in [3.63, 3.8) is 0 Å². The minimum atomic E-state index is 0.371. The molecule has 1 aliphatic heterocycles. The number of ether oxygens (including phenoxy) is 2. The zero-order valence-electron chi connectivity index (χ0n) is 15.3. The maximum atomic E-state index is 5.90. The van der Waals surface area contributed by atoms with Gasteiger partial charge in [0.25, 0.3) is 0 Å². The Morgan fingerprint density at radius 1 is 1.46 bits per heavy atom. The lowest BCUT2D eigenvalue weighted by Gasteiger charge is -2.23. The van der Waals surface area contributed by atoms with Gasteiger partial charge in [-0.05, 0) is 38.3 Å². The summed E-state index contributed by atoms with van der Waals surface area (Å²) in [6.45, 7) is 7.02. The number of hydrogen-bond acceptors (Lipinski definition) is 3. The average Bonchev–Trinajstić information content (AvgIpc) is 2.99. The molecule has 0 amide bonds. The minimum Gasteiger partial charge on any atom is -0.381 e. The third kappa shape index (κ3) is 6.17. The van der Waals surface area contributed by atoms with Gasteiger partial charge in [-0.25, -0.2) is 0 Å². The smallest absolute Gasteiger partial charge is 0.194 e. The second kappa shape index (κ2) is 10.4. The second-order valence-electron chi connectivity index (χ2n) is 6.24. The highest BCUT2D eigenvalue weighted by molar-refractivity contribution is 5.79. The monoisotopic (exact) mass is 336 g/mol. The van der Waals surface area contributed by atoms with Gasteiger partial charge in [-0.3, -0.25) is 4.99 Å². The van der Waals surface area contributed by atoms with Crippen molar-refractivity contribution in [2.24, 2.45) is 12.0 Å². The molecule has 0 spiro atoms. The van der Waals surface area contributed by atoms with E-state index in [0.29, 0.717) is 6.10 Å². The summed E-state index contributed by atoms with van der Waals surface area (Å²) in [4.78, 5) is 6.89. The summed E-state index contributed by atoms with van der Waals surface area (Å²) in [5, 5.41) is 3.36. The van der Waals surface area contributed by atoms with E-state index >= 15 is 0 Å². The Kier molecular flexibility index (Phi) is 8.12. The van der Waals surface area contributed by atoms with Crippen LogP contribution in [0.5, 0.6) is 0 Å².